The first-order chi connectivity index (χ1) is 18.6. The number of ether oxygens (including phenoxy) is 1. The molecule has 0 aliphatic heterocycles. The molecule has 1 aromatic heterocycles. The van der Waals surface area contributed by atoms with Gasteiger partial charge in [-0.2, -0.15) is 5.26 Å². The topological polar surface area (TPSA) is 75.0 Å². The van der Waals surface area contributed by atoms with Gasteiger partial charge in [0.15, 0.2) is 0 Å². The Labute approximate surface area is 223 Å². The molecule has 188 valence electrons. The van der Waals surface area contributed by atoms with Gasteiger partial charge in [0.25, 0.3) is 0 Å². The van der Waals surface area contributed by atoms with Crippen LogP contribution in [-0.2, 0) is 11.3 Å². The number of esters is 1. The fraction of sp³-hybridized carbons (Fsp3) is 0.121. The molecule has 0 radical (unpaired) electrons. The minimum atomic E-state index is -0.417. The lowest BCUT2D eigenvalue weighted by molar-refractivity contribution is 0.0600. The zero-order chi connectivity index (χ0) is 26.9. The molecule has 1 heterocycles. The van der Waals surface area contributed by atoms with Crippen molar-refractivity contribution in [3.05, 3.63) is 138 Å². The van der Waals surface area contributed by atoms with E-state index in [2.05, 4.69) is 59.4 Å². The summed E-state index contributed by atoms with van der Waals surface area (Å²) in [5.74, 6) is -0.417. The van der Waals surface area contributed by atoms with Crippen molar-refractivity contribution in [1.29, 1.82) is 5.26 Å². The van der Waals surface area contributed by atoms with Gasteiger partial charge in [-0.15, -0.1) is 0 Å². The second kappa shape index (κ2) is 12.4. The van der Waals surface area contributed by atoms with E-state index in [1.165, 1.54) is 13.3 Å². The van der Waals surface area contributed by atoms with E-state index in [4.69, 9.17) is 4.74 Å². The van der Waals surface area contributed by atoms with Crippen molar-refractivity contribution in [2.45, 2.75) is 19.5 Å². The quantitative estimate of drug-likeness (QED) is 0.197. The highest BCUT2D eigenvalue weighted by atomic mass is 16.5. The van der Waals surface area contributed by atoms with Crippen molar-refractivity contribution in [3.63, 3.8) is 0 Å². The number of nitriles is 1. The van der Waals surface area contributed by atoms with Crippen molar-refractivity contribution in [2.75, 3.05) is 7.11 Å². The van der Waals surface area contributed by atoms with Crippen molar-refractivity contribution >= 4 is 16.7 Å². The first kappa shape index (κ1) is 26.3. The summed E-state index contributed by atoms with van der Waals surface area (Å²) in [6, 6.07) is 26.0. The highest BCUT2D eigenvalue weighted by Gasteiger charge is 2.18. The van der Waals surface area contributed by atoms with E-state index in [1.807, 2.05) is 55.5 Å². The number of rotatable bonds is 9. The van der Waals surface area contributed by atoms with Gasteiger partial charge in [0.1, 0.15) is 0 Å². The maximum atomic E-state index is 11.8. The number of hydrogen-bond acceptors (Lipinski definition) is 5. The van der Waals surface area contributed by atoms with Crippen LogP contribution in [0.4, 0.5) is 0 Å². The number of hydrogen-bond donors (Lipinski definition) is 1. The molecular formula is C33H29N3O2. The molecule has 0 aliphatic rings. The van der Waals surface area contributed by atoms with Crippen LogP contribution in [0.1, 0.15) is 40.1 Å². The van der Waals surface area contributed by atoms with Crippen molar-refractivity contribution < 1.29 is 9.53 Å². The molecule has 3 aromatic carbocycles. The summed E-state index contributed by atoms with van der Waals surface area (Å²) in [4.78, 5) is 16.2. The summed E-state index contributed by atoms with van der Waals surface area (Å²) in [6.45, 7) is 6.27. The van der Waals surface area contributed by atoms with E-state index < -0.39 is 5.97 Å². The molecule has 4 aromatic rings. The van der Waals surface area contributed by atoms with Gasteiger partial charge in [-0.1, -0.05) is 79.4 Å². The van der Waals surface area contributed by atoms with Gasteiger partial charge in [-0.05, 0) is 58.7 Å². The maximum absolute atomic E-state index is 11.8. The van der Waals surface area contributed by atoms with E-state index in [1.54, 1.807) is 12.1 Å². The summed E-state index contributed by atoms with van der Waals surface area (Å²) in [7, 11) is 1.35. The van der Waals surface area contributed by atoms with Gasteiger partial charge in [-0.25, -0.2) is 4.79 Å². The largest absolute Gasteiger partial charge is 0.465 e. The van der Waals surface area contributed by atoms with Crippen molar-refractivity contribution in [3.8, 4) is 17.2 Å². The van der Waals surface area contributed by atoms with Gasteiger partial charge in [-0.3, -0.25) is 4.98 Å². The molecule has 5 heteroatoms. The third-order valence-corrected chi connectivity index (χ3v) is 6.40. The Morgan fingerprint density at radius 3 is 2.63 bits per heavy atom. The second-order valence-electron chi connectivity index (χ2n) is 8.67. The van der Waals surface area contributed by atoms with Gasteiger partial charge in [0, 0.05) is 18.3 Å². The van der Waals surface area contributed by atoms with Crippen LogP contribution in [-0.4, -0.2) is 18.1 Å². The Balaban J connectivity index is 1.75. The smallest absolute Gasteiger partial charge is 0.339 e. The third-order valence-electron chi connectivity index (χ3n) is 6.40. The highest BCUT2D eigenvalue weighted by Crippen LogP contribution is 2.34. The summed E-state index contributed by atoms with van der Waals surface area (Å²) in [5, 5.41) is 15.8. The van der Waals surface area contributed by atoms with Crippen LogP contribution in [0.3, 0.4) is 0 Å². The molecule has 0 amide bonds. The number of benzene rings is 3. The zero-order valence-electron chi connectivity index (χ0n) is 21.5. The van der Waals surface area contributed by atoms with Gasteiger partial charge in [0.05, 0.1) is 36.0 Å². The molecule has 0 spiro atoms. The normalized spacial score (nSPS) is 12.3. The lowest BCUT2D eigenvalue weighted by atomic mass is 9.90. The van der Waals surface area contributed by atoms with Crippen LogP contribution in [0.15, 0.2) is 115 Å². The Kier molecular flexibility index (Phi) is 8.61. The third kappa shape index (κ3) is 5.78. The molecule has 0 saturated carbocycles. The van der Waals surface area contributed by atoms with Crippen LogP contribution < -0.4 is 5.32 Å². The molecular weight excluding hydrogens is 470 g/mol. The van der Waals surface area contributed by atoms with Crippen LogP contribution in [0.5, 0.6) is 0 Å². The number of carbonyl (C=O) groups is 1. The number of carbonyl (C=O) groups excluding carboxylic acids is 1. The first-order valence-corrected chi connectivity index (χ1v) is 12.3. The van der Waals surface area contributed by atoms with Gasteiger partial charge >= 0.3 is 5.97 Å². The molecule has 0 fully saturated rings. The predicted octanol–water partition coefficient (Wildman–Crippen LogP) is 7.08. The number of aromatic nitrogens is 1. The van der Waals surface area contributed by atoms with Crippen molar-refractivity contribution in [1.82, 2.24) is 10.3 Å². The molecule has 0 saturated heterocycles. The number of nitrogens with zero attached hydrogens (tertiary/aromatic N) is 2. The number of nitrogens with one attached hydrogen (secondary N) is 1. The predicted molar refractivity (Wildman–Crippen MR) is 152 cm³/mol. The van der Waals surface area contributed by atoms with E-state index in [9.17, 15) is 10.1 Å². The van der Waals surface area contributed by atoms with Gasteiger partial charge in [0.2, 0.25) is 0 Å². The summed E-state index contributed by atoms with van der Waals surface area (Å²) < 4.78 is 4.77. The van der Waals surface area contributed by atoms with E-state index in [-0.39, 0.29) is 6.04 Å². The molecule has 1 N–H and O–H groups in total. The average molecular weight is 500 g/mol. The Morgan fingerprint density at radius 2 is 1.92 bits per heavy atom. The zero-order valence-corrected chi connectivity index (χ0v) is 21.5. The molecule has 0 aliphatic carbocycles. The summed E-state index contributed by atoms with van der Waals surface area (Å²) >= 11 is 0. The number of fused-ring (bicyclic) bond motifs is 1. The van der Waals surface area contributed by atoms with Crippen LogP contribution >= 0.6 is 0 Å². The number of pyridine rings is 1. The number of allylic oxidation sites excluding steroid dienone is 3. The summed E-state index contributed by atoms with van der Waals surface area (Å²) in [5.41, 5.74) is 5.77. The fourth-order valence-corrected chi connectivity index (χ4v) is 4.46. The minimum absolute atomic E-state index is 0.181. The molecule has 38 heavy (non-hydrogen) atoms. The average Bonchev–Trinajstić information content (AvgIpc) is 2.98. The molecule has 1 atom stereocenters. The highest BCUT2D eigenvalue weighted by molar-refractivity contribution is 5.98. The minimum Gasteiger partial charge on any atom is -0.465 e. The van der Waals surface area contributed by atoms with E-state index in [0.29, 0.717) is 17.7 Å². The Hall–Kier alpha value is -4.79. The van der Waals surface area contributed by atoms with E-state index >= 15 is 0 Å². The van der Waals surface area contributed by atoms with Crippen molar-refractivity contribution in [2.24, 2.45) is 0 Å². The Morgan fingerprint density at radius 1 is 1.11 bits per heavy atom. The maximum Gasteiger partial charge on any atom is 0.339 e. The fourth-order valence-electron chi connectivity index (χ4n) is 4.46. The standard InChI is InChI=1S/C33H29N3O2/c1-4-6-10-23(5-2)32(36-22-28-18-17-27(21-35-28)33(37)38-3)25-15-16-26(20-34)31(19-25)30-14-9-12-24-11-7-8-13-29(24)30/h4-19,21,32,36H,1,22H2,2-3H3/b10-6-,23-5+. The summed E-state index contributed by atoms with van der Waals surface area (Å²) in [6.07, 6.45) is 9.25. The van der Waals surface area contributed by atoms with E-state index in [0.717, 1.165) is 38.7 Å². The molecule has 4 rings (SSSR count). The lowest BCUT2D eigenvalue weighted by Gasteiger charge is -2.22. The van der Waals surface area contributed by atoms with Gasteiger partial charge < -0.3 is 10.1 Å². The SMILES string of the molecule is C=C/C=C\C(=C/C)C(NCc1ccc(C(=O)OC)cn1)c1ccc(C#N)c(-c2cccc3ccccc23)c1. The van der Waals surface area contributed by atoms with Crippen LogP contribution in [0, 0.1) is 11.3 Å². The Bertz CT molecular complexity index is 1550. The second-order valence-corrected chi connectivity index (χ2v) is 8.67. The van der Waals surface area contributed by atoms with Crippen LogP contribution in [0.25, 0.3) is 21.9 Å². The number of methoxy groups -OCH3 is 1. The van der Waals surface area contributed by atoms with Crippen LogP contribution in [0.2, 0.25) is 0 Å². The monoisotopic (exact) mass is 499 g/mol. The molecule has 5 nitrogen and oxygen atoms in total. The molecule has 0 bridgehead atoms. The lowest BCUT2D eigenvalue weighted by Crippen LogP contribution is -2.23. The molecule has 1 unspecified atom stereocenters. The first-order valence-electron chi connectivity index (χ1n) is 12.3.